The first-order chi connectivity index (χ1) is 13.3. The molecule has 2 rings (SSSR count). The highest BCUT2D eigenvalue weighted by atomic mass is 19.1. The van der Waals surface area contributed by atoms with Crippen molar-refractivity contribution in [2.75, 3.05) is 0 Å². The smallest absolute Gasteiger partial charge is 0.315 e. The van der Waals surface area contributed by atoms with Crippen molar-refractivity contribution in [1.29, 1.82) is 0 Å². The molecule has 8 heteroatoms. The molecular formula is C20H23FN4O3. The molecule has 0 saturated carbocycles. The van der Waals surface area contributed by atoms with Crippen LogP contribution in [-0.2, 0) is 17.8 Å². The van der Waals surface area contributed by atoms with E-state index in [0.717, 1.165) is 5.56 Å². The monoisotopic (exact) mass is 386 g/mol. The van der Waals surface area contributed by atoms with Gasteiger partial charge in [-0.3, -0.25) is 20.4 Å². The van der Waals surface area contributed by atoms with Crippen molar-refractivity contribution in [1.82, 2.24) is 21.5 Å². The fourth-order valence-electron chi connectivity index (χ4n) is 2.30. The Kier molecular flexibility index (Phi) is 7.50. The van der Waals surface area contributed by atoms with Crippen LogP contribution in [0.5, 0.6) is 0 Å². The van der Waals surface area contributed by atoms with E-state index in [4.69, 9.17) is 0 Å². The first-order valence-electron chi connectivity index (χ1n) is 8.80. The van der Waals surface area contributed by atoms with Crippen LogP contribution in [0.4, 0.5) is 9.18 Å². The molecule has 7 nitrogen and oxygen atoms in total. The Morgan fingerprint density at radius 3 is 2.11 bits per heavy atom. The second-order valence-electron chi connectivity index (χ2n) is 6.48. The van der Waals surface area contributed by atoms with E-state index in [1.54, 1.807) is 24.3 Å². The molecule has 2 aromatic rings. The summed E-state index contributed by atoms with van der Waals surface area (Å²) < 4.78 is 12.9. The van der Waals surface area contributed by atoms with E-state index in [-0.39, 0.29) is 24.3 Å². The molecule has 0 atom stereocenters. The van der Waals surface area contributed by atoms with Crippen LogP contribution in [0, 0.1) is 5.82 Å². The molecular weight excluding hydrogens is 363 g/mol. The van der Waals surface area contributed by atoms with Crippen LogP contribution in [0.3, 0.4) is 0 Å². The zero-order valence-corrected chi connectivity index (χ0v) is 15.7. The summed E-state index contributed by atoms with van der Waals surface area (Å²) in [6.45, 7) is 4.06. The lowest BCUT2D eigenvalue weighted by Crippen LogP contribution is -2.42. The largest absolute Gasteiger partial charge is 0.336 e. The van der Waals surface area contributed by atoms with Gasteiger partial charge in [-0.05, 0) is 49.2 Å². The Balaban J connectivity index is 1.78. The van der Waals surface area contributed by atoms with Gasteiger partial charge in [-0.15, -0.1) is 0 Å². The maximum absolute atomic E-state index is 12.9. The average molecular weight is 386 g/mol. The highest BCUT2D eigenvalue weighted by Crippen LogP contribution is 2.05. The number of urea groups is 1. The summed E-state index contributed by atoms with van der Waals surface area (Å²) in [5.74, 6) is -1.27. The van der Waals surface area contributed by atoms with Gasteiger partial charge in [-0.25, -0.2) is 9.18 Å². The van der Waals surface area contributed by atoms with E-state index in [0.29, 0.717) is 17.7 Å². The second kappa shape index (κ2) is 10.1. The fraction of sp³-hybridized carbons (Fsp3) is 0.250. The van der Waals surface area contributed by atoms with Crippen molar-refractivity contribution in [3.05, 3.63) is 71.0 Å². The van der Waals surface area contributed by atoms with E-state index in [2.05, 4.69) is 21.5 Å². The summed E-state index contributed by atoms with van der Waals surface area (Å²) in [4.78, 5) is 35.5. The van der Waals surface area contributed by atoms with Crippen LogP contribution in [0.15, 0.2) is 48.5 Å². The lowest BCUT2D eigenvalue weighted by molar-refractivity contribution is -0.121. The fourth-order valence-corrected chi connectivity index (χ4v) is 2.30. The minimum Gasteiger partial charge on any atom is -0.336 e. The average Bonchev–Trinajstić information content (AvgIpc) is 2.66. The molecule has 28 heavy (non-hydrogen) atoms. The van der Waals surface area contributed by atoms with Gasteiger partial charge < -0.3 is 10.6 Å². The number of nitrogens with one attached hydrogen (secondary N) is 4. The zero-order valence-electron chi connectivity index (χ0n) is 15.7. The number of rotatable bonds is 6. The third-order valence-electron chi connectivity index (χ3n) is 3.68. The van der Waals surface area contributed by atoms with Crippen molar-refractivity contribution in [3.63, 3.8) is 0 Å². The van der Waals surface area contributed by atoms with Crippen molar-refractivity contribution in [2.24, 2.45) is 0 Å². The molecule has 148 valence electrons. The van der Waals surface area contributed by atoms with E-state index >= 15 is 0 Å². The molecule has 4 N–H and O–H groups in total. The lowest BCUT2D eigenvalue weighted by Gasteiger charge is -2.11. The Morgan fingerprint density at radius 1 is 0.893 bits per heavy atom. The summed E-state index contributed by atoms with van der Waals surface area (Å²) in [6, 6.07) is 11.9. The van der Waals surface area contributed by atoms with Gasteiger partial charge in [0.1, 0.15) is 5.82 Å². The third-order valence-corrected chi connectivity index (χ3v) is 3.68. The summed E-state index contributed by atoms with van der Waals surface area (Å²) in [7, 11) is 0. The minimum absolute atomic E-state index is 0.0175. The first kappa shape index (κ1) is 20.9. The van der Waals surface area contributed by atoms with Crippen molar-refractivity contribution in [2.45, 2.75) is 32.9 Å². The number of hydrazine groups is 1. The maximum Gasteiger partial charge on any atom is 0.315 e. The Morgan fingerprint density at radius 2 is 1.50 bits per heavy atom. The topological polar surface area (TPSA) is 99.3 Å². The molecule has 0 aliphatic rings. The molecule has 0 spiro atoms. The van der Waals surface area contributed by atoms with Crippen LogP contribution in [-0.4, -0.2) is 23.9 Å². The summed E-state index contributed by atoms with van der Waals surface area (Å²) >= 11 is 0. The Bertz CT molecular complexity index is 820. The lowest BCUT2D eigenvalue weighted by atomic mass is 10.1. The van der Waals surface area contributed by atoms with Gasteiger partial charge in [0.05, 0.1) is 6.42 Å². The van der Waals surface area contributed by atoms with Crippen molar-refractivity contribution >= 4 is 17.8 Å². The van der Waals surface area contributed by atoms with Gasteiger partial charge in [0.25, 0.3) is 5.91 Å². The molecule has 0 fully saturated rings. The Hall–Kier alpha value is -3.42. The van der Waals surface area contributed by atoms with E-state index in [1.165, 1.54) is 24.3 Å². The molecule has 0 bridgehead atoms. The van der Waals surface area contributed by atoms with Crippen molar-refractivity contribution < 1.29 is 18.8 Å². The van der Waals surface area contributed by atoms with Gasteiger partial charge >= 0.3 is 6.03 Å². The standard InChI is InChI=1S/C20H23FN4O3/c1-13(2)23-20(28)22-12-15-3-7-16(8-4-15)19(27)25-24-18(26)11-14-5-9-17(21)10-6-14/h3-10,13H,11-12H2,1-2H3,(H,24,26)(H,25,27)(H2,22,23,28). The number of benzene rings is 2. The van der Waals surface area contributed by atoms with Crippen LogP contribution >= 0.6 is 0 Å². The SMILES string of the molecule is CC(C)NC(=O)NCc1ccc(C(=O)NNC(=O)Cc2ccc(F)cc2)cc1. The highest BCUT2D eigenvalue weighted by molar-refractivity contribution is 5.95. The number of halogens is 1. The molecule has 0 radical (unpaired) electrons. The van der Waals surface area contributed by atoms with Gasteiger partial charge in [-0.1, -0.05) is 24.3 Å². The number of hydrogen-bond donors (Lipinski definition) is 4. The molecule has 4 amide bonds. The predicted octanol–water partition coefficient (Wildman–Crippen LogP) is 2.04. The summed E-state index contributed by atoms with van der Waals surface area (Å²) in [6.07, 6.45) is 0.0175. The molecule has 0 aliphatic carbocycles. The maximum atomic E-state index is 12.9. The molecule has 0 heterocycles. The van der Waals surface area contributed by atoms with Crippen molar-refractivity contribution in [3.8, 4) is 0 Å². The van der Waals surface area contributed by atoms with E-state index in [1.807, 2.05) is 13.8 Å². The normalized spacial score (nSPS) is 10.3. The Labute approximate surface area is 162 Å². The minimum atomic E-state index is -0.468. The number of carbonyl (C=O) groups excluding carboxylic acids is 3. The van der Waals surface area contributed by atoms with Gasteiger partial charge in [0.2, 0.25) is 5.91 Å². The van der Waals surface area contributed by atoms with Crippen LogP contribution in [0.2, 0.25) is 0 Å². The van der Waals surface area contributed by atoms with E-state index < -0.39 is 11.8 Å². The van der Waals surface area contributed by atoms with E-state index in [9.17, 15) is 18.8 Å². The molecule has 2 aromatic carbocycles. The molecule has 0 unspecified atom stereocenters. The quantitative estimate of drug-likeness (QED) is 0.572. The third kappa shape index (κ3) is 7.06. The molecule has 0 aliphatic heterocycles. The predicted molar refractivity (Wildman–Crippen MR) is 103 cm³/mol. The molecule has 0 saturated heterocycles. The summed E-state index contributed by atoms with van der Waals surface area (Å²) in [5.41, 5.74) is 6.47. The highest BCUT2D eigenvalue weighted by Gasteiger charge is 2.09. The van der Waals surface area contributed by atoms with Gasteiger partial charge in [0, 0.05) is 18.2 Å². The first-order valence-corrected chi connectivity index (χ1v) is 8.80. The van der Waals surface area contributed by atoms with Crippen LogP contribution < -0.4 is 21.5 Å². The number of amides is 4. The van der Waals surface area contributed by atoms with Crippen LogP contribution in [0.25, 0.3) is 0 Å². The summed E-state index contributed by atoms with van der Waals surface area (Å²) in [5, 5.41) is 5.43. The number of hydrogen-bond acceptors (Lipinski definition) is 3. The van der Waals surface area contributed by atoms with Gasteiger partial charge in [-0.2, -0.15) is 0 Å². The molecule has 0 aromatic heterocycles. The van der Waals surface area contributed by atoms with Gasteiger partial charge in [0.15, 0.2) is 0 Å². The number of carbonyl (C=O) groups is 3. The second-order valence-corrected chi connectivity index (χ2v) is 6.48. The zero-order chi connectivity index (χ0) is 20.5. The van der Waals surface area contributed by atoms with Crippen LogP contribution in [0.1, 0.15) is 35.3 Å².